The van der Waals surface area contributed by atoms with Crippen LogP contribution in [0.5, 0.6) is 0 Å². The average molecular weight is 288 g/mol. The van der Waals surface area contributed by atoms with E-state index in [1.165, 1.54) is 6.07 Å². The molecule has 0 radical (unpaired) electrons. The Balaban J connectivity index is 2.09. The maximum Gasteiger partial charge on any atom is 0.451 e. The Morgan fingerprint density at radius 1 is 1.30 bits per heavy atom. The highest BCUT2D eigenvalue weighted by Crippen LogP contribution is 2.26. The number of aromatic nitrogens is 5. The first-order valence-corrected chi connectivity index (χ1v) is 5.63. The lowest BCUT2D eigenvalue weighted by molar-refractivity contribution is -0.144. The van der Waals surface area contributed by atoms with Crippen molar-refractivity contribution in [2.24, 2.45) is 0 Å². The second-order valence-corrected chi connectivity index (χ2v) is 4.32. The highest BCUT2D eigenvalue weighted by Gasteiger charge is 2.35. The van der Waals surface area contributed by atoms with Crippen LogP contribution >= 0.6 is 0 Å². The zero-order valence-electron chi connectivity index (χ0n) is 10.5. The zero-order chi connectivity index (χ0) is 14.9. The molecule has 2 rings (SSSR count). The molecule has 0 bridgehead atoms. The second-order valence-electron chi connectivity index (χ2n) is 4.32. The Labute approximate surface area is 111 Å². The minimum atomic E-state index is -4.65. The van der Waals surface area contributed by atoms with Crippen LogP contribution < -0.4 is 5.32 Å². The Morgan fingerprint density at radius 3 is 2.50 bits per heavy atom. The number of hydrogen-bond donors (Lipinski definition) is 3. The van der Waals surface area contributed by atoms with Gasteiger partial charge in [0.1, 0.15) is 0 Å². The Morgan fingerprint density at radius 2 is 2.00 bits per heavy atom. The maximum atomic E-state index is 12.3. The number of nitrogens with one attached hydrogen (secondary N) is 3. The van der Waals surface area contributed by atoms with Gasteiger partial charge in [-0.2, -0.15) is 23.3 Å². The van der Waals surface area contributed by atoms with Crippen LogP contribution in [-0.2, 0) is 6.18 Å². The third-order valence-corrected chi connectivity index (χ3v) is 2.43. The highest BCUT2D eigenvalue weighted by molar-refractivity contribution is 6.01. The Hall–Kier alpha value is -2.39. The normalized spacial score (nSPS) is 11.9. The van der Waals surface area contributed by atoms with Crippen LogP contribution in [0.15, 0.2) is 6.07 Å². The number of carbonyl (C=O) groups excluding carboxylic acids is 1. The van der Waals surface area contributed by atoms with Gasteiger partial charge in [0.05, 0.1) is 0 Å². The first-order chi connectivity index (χ1) is 9.27. The van der Waals surface area contributed by atoms with Crippen LogP contribution in [-0.4, -0.2) is 31.3 Å². The van der Waals surface area contributed by atoms with E-state index >= 15 is 0 Å². The molecule has 108 valence electrons. The molecule has 0 aliphatic carbocycles. The van der Waals surface area contributed by atoms with E-state index in [9.17, 15) is 18.0 Å². The van der Waals surface area contributed by atoms with Crippen LogP contribution in [0.25, 0.3) is 0 Å². The van der Waals surface area contributed by atoms with Gasteiger partial charge in [-0.25, -0.2) is 0 Å². The number of alkyl halides is 3. The van der Waals surface area contributed by atoms with Crippen molar-refractivity contribution in [2.45, 2.75) is 25.9 Å². The molecule has 2 aromatic rings. The predicted molar refractivity (Wildman–Crippen MR) is 62.0 cm³/mol. The number of anilines is 1. The standard InChI is InChI=1S/C10H11F3N6O/c1-4(2)5-3-6(17-16-5)7(20)14-9-15-8(18-19-9)10(11,12)13/h3-4H,1-2H3,(H,16,17)(H2,14,15,18,19,20). The van der Waals surface area contributed by atoms with Crippen molar-refractivity contribution in [3.63, 3.8) is 0 Å². The summed E-state index contributed by atoms with van der Waals surface area (Å²) in [5.41, 5.74) is 0.785. The Bertz CT molecular complexity index is 615. The summed E-state index contributed by atoms with van der Waals surface area (Å²) >= 11 is 0. The molecule has 0 unspecified atom stereocenters. The van der Waals surface area contributed by atoms with Crippen molar-refractivity contribution in [1.82, 2.24) is 25.4 Å². The number of H-pyrrole nitrogens is 2. The van der Waals surface area contributed by atoms with Gasteiger partial charge in [0.15, 0.2) is 5.69 Å². The molecule has 0 spiro atoms. The number of nitrogens with zero attached hydrogens (tertiary/aromatic N) is 3. The number of amides is 1. The summed E-state index contributed by atoms with van der Waals surface area (Å²) < 4.78 is 36.9. The molecule has 0 saturated carbocycles. The van der Waals surface area contributed by atoms with Gasteiger partial charge in [-0.15, -0.1) is 5.10 Å². The molecular weight excluding hydrogens is 277 g/mol. The summed E-state index contributed by atoms with van der Waals surface area (Å²) in [6.07, 6.45) is -4.65. The molecule has 7 nitrogen and oxygen atoms in total. The van der Waals surface area contributed by atoms with Gasteiger partial charge in [0.2, 0.25) is 11.8 Å². The molecule has 20 heavy (non-hydrogen) atoms. The summed E-state index contributed by atoms with van der Waals surface area (Å²) in [6, 6.07) is 1.51. The second kappa shape index (κ2) is 4.94. The smallest absolute Gasteiger partial charge is 0.288 e. The zero-order valence-corrected chi connectivity index (χ0v) is 10.5. The summed E-state index contributed by atoms with van der Waals surface area (Å²) in [5.74, 6) is -2.29. The van der Waals surface area contributed by atoms with E-state index < -0.39 is 23.9 Å². The SMILES string of the molecule is CC(C)c1cc(C(=O)Nc2n[nH]c(C(F)(F)F)n2)n[nH]1. The van der Waals surface area contributed by atoms with E-state index in [4.69, 9.17) is 0 Å². The molecule has 0 saturated heterocycles. The lowest BCUT2D eigenvalue weighted by Crippen LogP contribution is -2.14. The fraction of sp³-hybridized carbons (Fsp3) is 0.400. The summed E-state index contributed by atoms with van der Waals surface area (Å²) in [7, 11) is 0. The molecule has 3 N–H and O–H groups in total. The van der Waals surface area contributed by atoms with Crippen molar-refractivity contribution < 1.29 is 18.0 Å². The van der Waals surface area contributed by atoms with Gasteiger partial charge in [-0.3, -0.25) is 20.3 Å². The molecule has 0 atom stereocenters. The topological polar surface area (TPSA) is 99.3 Å². The average Bonchev–Trinajstić information content (AvgIpc) is 2.95. The molecule has 0 aliphatic rings. The molecular formula is C10H11F3N6O. The van der Waals surface area contributed by atoms with Crippen LogP contribution in [0, 0.1) is 0 Å². The largest absolute Gasteiger partial charge is 0.451 e. The van der Waals surface area contributed by atoms with Gasteiger partial charge in [-0.1, -0.05) is 13.8 Å². The first kappa shape index (κ1) is 14.0. The van der Waals surface area contributed by atoms with Crippen LogP contribution in [0.2, 0.25) is 0 Å². The lowest BCUT2D eigenvalue weighted by atomic mass is 10.1. The molecule has 2 heterocycles. The van der Waals surface area contributed by atoms with Gasteiger partial charge < -0.3 is 0 Å². The van der Waals surface area contributed by atoms with Crippen molar-refractivity contribution in [3.05, 3.63) is 23.3 Å². The summed E-state index contributed by atoms with van der Waals surface area (Å²) in [4.78, 5) is 14.9. The van der Waals surface area contributed by atoms with E-state index in [1.807, 2.05) is 13.8 Å². The molecule has 1 amide bonds. The number of hydrogen-bond acceptors (Lipinski definition) is 4. The van der Waals surface area contributed by atoms with Gasteiger partial charge in [-0.05, 0) is 12.0 Å². The van der Waals surface area contributed by atoms with Crippen LogP contribution in [0.4, 0.5) is 19.1 Å². The maximum absolute atomic E-state index is 12.3. The van der Waals surface area contributed by atoms with E-state index in [2.05, 4.69) is 25.6 Å². The number of aromatic amines is 2. The molecule has 10 heteroatoms. The van der Waals surface area contributed by atoms with Crippen molar-refractivity contribution >= 4 is 11.9 Å². The first-order valence-electron chi connectivity index (χ1n) is 5.63. The minimum absolute atomic E-state index is 0.0482. The number of carbonyl (C=O) groups is 1. The summed E-state index contributed by atoms with van der Waals surface area (Å²) in [5, 5.41) is 13.5. The van der Waals surface area contributed by atoms with E-state index in [-0.39, 0.29) is 11.6 Å². The number of halogens is 3. The fourth-order valence-corrected chi connectivity index (χ4v) is 1.36. The van der Waals surface area contributed by atoms with E-state index in [0.717, 1.165) is 5.69 Å². The highest BCUT2D eigenvalue weighted by atomic mass is 19.4. The molecule has 0 aromatic carbocycles. The van der Waals surface area contributed by atoms with Gasteiger partial charge >= 0.3 is 6.18 Å². The third-order valence-electron chi connectivity index (χ3n) is 2.43. The minimum Gasteiger partial charge on any atom is -0.288 e. The Kier molecular flexibility index (Phi) is 3.47. The monoisotopic (exact) mass is 288 g/mol. The predicted octanol–water partition coefficient (Wildman–Crippen LogP) is 1.92. The van der Waals surface area contributed by atoms with Crippen LogP contribution in [0.1, 0.15) is 41.8 Å². The van der Waals surface area contributed by atoms with Crippen molar-refractivity contribution in [1.29, 1.82) is 0 Å². The van der Waals surface area contributed by atoms with E-state index in [0.29, 0.717) is 0 Å². The van der Waals surface area contributed by atoms with Crippen molar-refractivity contribution in [2.75, 3.05) is 5.32 Å². The quantitative estimate of drug-likeness (QED) is 0.803. The summed E-state index contributed by atoms with van der Waals surface area (Å²) in [6.45, 7) is 3.81. The third kappa shape index (κ3) is 2.95. The number of rotatable bonds is 3. The molecule has 0 fully saturated rings. The van der Waals surface area contributed by atoms with Gasteiger partial charge in [0.25, 0.3) is 5.91 Å². The van der Waals surface area contributed by atoms with Gasteiger partial charge in [0, 0.05) is 5.69 Å². The lowest BCUT2D eigenvalue weighted by Gasteiger charge is -1.99. The fourth-order valence-electron chi connectivity index (χ4n) is 1.36. The van der Waals surface area contributed by atoms with Crippen molar-refractivity contribution in [3.8, 4) is 0 Å². The van der Waals surface area contributed by atoms with Crippen LogP contribution in [0.3, 0.4) is 0 Å². The molecule has 2 aromatic heterocycles. The molecule has 0 aliphatic heterocycles. The van der Waals surface area contributed by atoms with E-state index in [1.54, 1.807) is 5.10 Å².